The first-order chi connectivity index (χ1) is 11.0. The third-order valence-corrected chi connectivity index (χ3v) is 5.27. The average molecular weight is 372 g/mol. The second-order valence-corrected chi connectivity index (χ2v) is 9.17. The summed E-state index contributed by atoms with van der Waals surface area (Å²) in [4.78, 5) is 10.4. The van der Waals surface area contributed by atoms with Gasteiger partial charge in [-0.3, -0.25) is 0 Å². The number of H-pyrrole nitrogens is 1. The van der Waals surface area contributed by atoms with Crippen molar-refractivity contribution >= 4 is 47.3 Å². The molecule has 0 aliphatic carbocycles. The Balaban J connectivity index is 2.63. The zero-order valence-electron chi connectivity index (χ0n) is 12.9. The van der Waals surface area contributed by atoms with Crippen LogP contribution in [0.15, 0.2) is 22.3 Å². The van der Waals surface area contributed by atoms with Crippen LogP contribution in [0.3, 0.4) is 0 Å². The molecule has 11 heteroatoms. The maximum absolute atomic E-state index is 13.8. The summed E-state index contributed by atoms with van der Waals surface area (Å²) in [5.74, 6) is -0.584. The Morgan fingerprint density at radius 2 is 1.75 bits per heavy atom. The van der Waals surface area contributed by atoms with Gasteiger partial charge >= 0.3 is 0 Å². The van der Waals surface area contributed by atoms with E-state index in [9.17, 15) is 21.2 Å². The fourth-order valence-corrected chi connectivity index (χ4v) is 3.84. The maximum Gasteiger partial charge on any atom is 0.250 e. The summed E-state index contributed by atoms with van der Waals surface area (Å²) in [6.45, 7) is 0. The molecule has 24 heavy (non-hydrogen) atoms. The predicted octanol–water partition coefficient (Wildman–Crippen LogP) is 1.10. The van der Waals surface area contributed by atoms with Crippen molar-refractivity contribution in [2.75, 3.05) is 24.9 Å². The molecular weight excluding hydrogens is 359 g/mol. The summed E-state index contributed by atoms with van der Waals surface area (Å²) in [6, 6.07) is 2.37. The quantitative estimate of drug-likeness (QED) is 0.521. The second kappa shape index (κ2) is 5.11. The lowest BCUT2D eigenvalue weighted by Gasteiger charge is -2.04. The van der Waals surface area contributed by atoms with Crippen LogP contribution in [0.4, 0.5) is 10.1 Å². The summed E-state index contributed by atoms with van der Waals surface area (Å²) in [5.41, 5.74) is 0.782. The van der Waals surface area contributed by atoms with Crippen LogP contribution < -0.4 is 5.32 Å². The largest absolute Gasteiger partial charge is 0.386 e. The lowest BCUT2D eigenvalue weighted by molar-refractivity contribution is 0.587. The van der Waals surface area contributed by atoms with Gasteiger partial charge < -0.3 is 10.3 Å². The molecule has 0 saturated heterocycles. The van der Waals surface area contributed by atoms with Crippen molar-refractivity contribution in [3.05, 3.63) is 17.9 Å². The van der Waals surface area contributed by atoms with Gasteiger partial charge in [0.05, 0.1) is 16.6 Å². The minimum Gasteiger partial charge on any atom is -0.386 e. The molecule has 3 rings (SSSR count). The molecule has 0 fully saturated rings. The van der Waals surface area contributed by atoms with Gasteiger partial charge in [-0.25, -0.2) is 31.2 Å². The zero-order valence-corrected chi connectivity index (χ0v) is 14.5. The molecule has 0 saturated carbocycles. The van der Waals surface area contributed by atoms with Crippen LogP contribution in [0.2, 0.25) is 0 Å². The Labute approximate surface area is 137 Å². The Kier molecular flexibility index (Phi) is 3.53. The van der Waals surface area contributed by atoms with Crippen molar-refractivity contribution in [1.29, 1.82) is 0 Å². The van der Waals surface area contributed by atoms with Crippen LogP contribution >= 0.6 is 0 Å². The molecule has 0 atom stereocenters. The number of fused-ring (bicyclic) bond motifs is 3. The fourth-order valence-electron chi connectivity index (χ4n) is 2.44. The van der Waals surface area contributed by atoms with E-state index in [0.29, 0.717) is 11.2 Å². The number of sulfone groups is 2. The van der Waals surface area contributed by atoms with Crippen LogP contribution in [0, 0.1) is 5.82 Å². The van der Waals surface area contributed by atoms with Crippen molar-refractivity contribution in [1.82, 2.24) is 15.0 Å². The van der Waals surface area contributed by atoms with E-state index in [2.05, 4.69) is 20.3 Å². The molecule has 0 radical (unpaired) electrons. The summed E-state index contributed by atoms with van der Waals surface area (Å²) in [5, 5.41) is 2.00. The Morgan fingerprint density at radius 1 is 1.08 bits per heavy atom. The minimum atomic E-state index is -3.88. The van der Waals surface area contributed by atoms with Gasteiger partial charge in [0.25, 0.3) is 0 Å². The molecule has 1 aromatic carbocycles. The number of benzene rings is 1. The molecule has 0 unspecified atom stereocenters. The monoisotopic (exact) mass is 372 g/mol. The first-order valence-electron chi connectivity index (χ1n) is 6.63. The number of hydrogen-bond donors (Lipinski definition) is 2. The van der Waals surface area contributed by atoms with Gasteiger partial charge in [0.1, 0.15) is 11.5 Å². The van der Waals surface area contributed by atoms with Crippen molar-refractivity contribution < 1.29 is 21.2 Å². The van der Waals surface area contributed by atoms with Crippen LogP contribution in [-0.4, -0.2) is 51.3 Å². The molecule has 0 bridgehead atoms. The molecule has 0 aliphatic heterocycles. The summed E-state index contributed by atoms with van der Waals surface area (Å²) >= 11 is 0. The van der Waals surface area contributed by atoms with E-state index in [-0.39, 0.29) is 16.4 Å². The predicted molar refractivity (Wildman–Crippen MR) is 87.1 cm³/mol. The van der Waals surface area contributed by atoms with E-state index in [1.807, 2.05) is 0 Å². The lowest BCUT2D eigenvalue weighted by Crippen LogP contribution is -2.10. The number of hydrogen-bond acceptors (Lipinski definition) is 7. The molecule has 2 aromatic heterocycles. The highest BCUT2D eigenvalue weighted by molar-refractivity contribution is 7.91. The number of aromatic nitrogens is 3. The third-order valence-electron chi connectivity index (χ3n) is 3.42. The van der Waals surface area contributed by atoms with Crippen LogP contribution in [0.1, 0.15) is 0 Å². The number of nitrogens with one attached hydrogen (secondary N) is 2. The summed E-state index contributed by atoms with van der Waals surface area (Å²) < 4.78 is 61.5. The van der Waals surface area contributed by atoms with Gasteiger partial charge in [0, 0.05) is 24.9 Å². The molecule has 2 heterocycles. The highest BCUT2D eigenvalue weighted by Gasteiger charge is 2.25. The highest BCUT2D eigenvalue weighted by Crippen LogP contribution is 2.34. The van der Waals surface area contributed by atoms with E-state index in [1.165, 1.54) is 6.07 Å². The molecular formula is C13H13FN4O4S2. The minimum absolute atomic E-state index is 0.00273. The molecule has 2 N–H and O–H groups in total. The van der Waals surface area contributed by atoms with Crippen LogP contribution in [0.5, 0.6) is 0 Å². The SMILES string of the molecule is CNc1cc(F)cc2c1[nH]c1nc(S(C)(=O)=O)nc(S(C)(=O)=O)c12. The van der Waals surface area contributed by atoms with E-state index in [4.69, 9.17) is 0 Å². The first-order valence-corrected chi connectivity index (χ1v) is 10.4. The van der Waals surface area contributed by atoms with Gasteiger partial charge in [-0.1, -0.05) is 0 Å². The normalized spacial score (nSPS) is 12.8. The van der Waals surface area contributed by atoms with E-state index >= 15 is 0 Å². The van der Waals surface area contributed by atoms with E-state index in [0.717, 1.165) is 18.6 Å². The van der Waals surface area contributed by atoms with E-state index < -0.39 is 35.7 Å². The van der Waals surface area contributed by atoms with Crippen LogP contribution in [-0.2, 0) is 19.7 Å². The van der Waals surface area contributed by atoms with Crippen molar-refractivity contribution in [2.45, 2.75) is 10.2 Å². The smallest absolute Gasteiger partial charge is 0.250 e. The molecule has 128 valence electrons. The third kappa shape index (κ3) is 2.59. The van der Waals surface area contributed by atoms with Gasteiger partial charge in [-0.15, -0.1) is 0 Å². The number of anilines is 1. The summed E-state index contributed by atoms with van der Waals surface area (Å²) in [6.07, 6.45) is 1.78. The first kappa shape index (κ1) is 16.6. The summed E-state index contributed by atoms with van der Waals surface area (Å²) in [7, 11) is -6.14. The molecule has 3 aromatic rings. The standard InChI is InChI=1S/C13H13FN4O4S2/c1-15-8-5-6(14)4-7-9-11(16-10(7)8)17-13(24(3,21)22)18-12(9)23(2,19)20/h4-5,15H,1-3H3,(H,16,17,18). The van der Waals surface area contributed by atoms with Gasteiger partial charge in [0.2, 0.25) is 15.0 Å². The number of rotatable bonds is 3. The molecule has 0 amide bonds. The van der Waals surface area contributed by atoms with E-state index in [1.54, 1.807) is 7.05 Å². The number of aromatic amines is 1. The number of nitrogens with zero attached hydrogens (tertiary/aromatic N) is 2. The molecule has 0 spiro atoms. The Hall–Kier alpha value is -2.27. The fraction of sp³-hybridized carbons (Fsp3) is 0.231. The Bertz CT molecular complexity index is 1200. The Morgan fingerprint density at radius 3 is 2.29 bits per heavy atom. The highest BCUT2D eigenvalue weighted by atomic mass is 32.2. The van der Waals surface area contributed by atoms with Crippen molar-refractivity contribution in [2.24, 2.45) is 0 Å². The average Bonchev–Trinajstić information content (AvgIpc) is 2.81. The maximum atomic E-state index is 13.8. The zero-order chi connectivity index (χ0) is 17.9. The van der Waals surface area contributed by atoms with Crippen molar-refractivity contribution in [3.63, 3.8) is 0 Å². The second-order valence-electron chi connectivity index (χ2n) is 5.33. The van der Waals surface area contributed by atoms with Gasteiger partial charge in [0.15, 0.2) is 14.9 Å². The lowest BCUT2D eigenvalue weighted by atomic mass is 10.2. The number of halogens is 1. The van der Waals surface area contributed by atoms with Crippen LogP contribution in [0.25, 0.3) is 21.9 Å². The van der Waals surface area contributed by atoms with Crippen molar-refractivity contribution in [3.8, 4) is 0 Å². The molecule has 8 nitrogen and oxygen atoms in total. The molecule has 0 aliphatic rings. The van der Waals surface area contributed by atoms with Gasteiger partial charge in [-0.05, 0) is 12.1 Å². The van der Waals surface area contributed by atoms with Gasteiger partial charge in [-0.2, -0.15) is 0 Å². The topological polar surface area (TPSA) is 122 Å².